The van der Waals surface area contributed by atoms with E-state index in [1.54, 1.807) is 23.5 Å². The van der Waals surface area contributed by atoms with Crippen molar-refractivity contribution in [1.82, 2.24) is 10.2 Å². The van der Waals surface area contributed by atoms with Crippen LogP contribution in [0.25, 0.3) is 10.6 Å². The number of anilines is 2. The standard InChI is InChI=1S/C15H10N4O2S3/c20-12-7-23-11-2-1-8(5-10(11)16-12)13(21)17-15-19-18-14(24-15)9-3-4-22-6-9/h1-6H,7H2,(H,16,20)(H,17,19,21). The summed E-state index contributed by atoms with van der Waals surface area (Å²) in [5, 5.41) is 18.8. The molecule has 0 fully saturated rings. The van der Waals surface area contributed by atoms with Gasteiger partial charge in [-0.15, -0.1) is 22.0 Å². The van der Waals surface area contributed by atoms with E-state index in [4.69, 9.17) is 0 Å². The first-order valence-electron chi connectivity index (χ1n) is 6.93. The fourth-order valence-corrected chi connectivity index (χ4v) is 4.41. The molecule has 0 unspecified atom stereocenters. The first kappa shape index (κ1) is 15.3. The number of thioether (sulfide) groups is 1. The summed E-state index contributed by atoms with van der Waals surface area (Å²) in [7, 11) is 0. The number of thiophene rings is 1. The number of hydrogen-bond acceptors (Lipinski definition) is 7. The van der Waals surface area contributed by atoms with Crippen molar-refractivity contribution in [2.24, 2.45) is 0 Å². The molecule has 0 saturated heterocycles. The van der Waals surface area contributed by atoms with Crippen LogP contribution < -0.4 is 10.6 Å². The Morgan fingerprint density at radius 3 is 3.00 bits per heavy atom. The molecule has 0 atom stereocenters. The zero-order valence-corrected chi connectivity index (χ0v) is 14.6. The predicted octanol–water partition coefficient (Wildman–Crippen LogP) is 3.56. The summed E-state index contributed by atoms with van der Waals surface area (Å²) in [6.07, 6.45) is 0. The lowest BCUT2D eigenvalue weighted by Crippen LogP contribution is -2.19. The summed E-state index contributed by atoms with van der Waals surface area (Å²) in [5.74, 6) is 0.0551. The van der Waals surface area contributed by atoms with Crippen LogP contribution in [0.15, 0.2) is 39.9 Å². The van der Waals surface area contributed by atoms with Crippen molar-refractivity contribution in [2.45, 2.75) is 4.90 Å². The minimum absolute atomic E-state index is 0.0606. The molecule has 3 aromatic rings. The van der Waals surface area contributed by atoms with Crippen LogP contribution in [0.5, 0.6) is 0 Å². The molecule has 1 aliphatic heterocycles. The molecule has 120 valence electrons. The smallest absolute Gasteiger partial charge is 0.257 e. The van der Waals surface area contributed by atoms with Gasteiger partial charge in [0.1, 0.15) is 5.01 Å². The van der Waals surface area contributed by atoms with Crippen LogP contribution in [0.4, 0.5) is 10.8 Å². The molecule has 3 heterocycles. The third-order valence-electron chi connectivity index (χ3n) is 3.29. The van der Waals surface area contributed by atoms with Gasteiger partial charge in [-0.3, -0.25) is 14.9 Å². The van der Waals surface area contributed by atoms with Crippen LogP contribution in [0.3, 0.4) is 0 Å². The first-order valence-corrected chi connectivity index (χ1v) is 9.68. The Hall–Kier alpha value is -2.23. The Labute approximate surface area is 149 Å². The normalized spacial score (nSPS) is 13.2. The highest BCUT2D eigenvalue weighted by atomic mass is 32.2. The summed E-state index contributed by atoms with van der Waals surface area (Å²) >= 11 is 4.36. The lowest BCUT2D eigenvalue weighted by atomic mass is 10.2. The lowest BCUT2D eigenvalue weighted by Gasteiger charge is -2.16. The van der Waals surface area contributed by atoms with Gasteiger partial charge in [0.05, 0.1) is 11.4 Å². The van der Waals surface area contributed by atoms with Crippen molar-refractivity contribution in [2.75, 3.05) is 16.4 Å². The van der Waals surface area contributed by atoms with E-state index in [0.29, 0.717) is 22.1 Å². The first-order chi connectivity index (χ1) is 11.7. The second-order valence-electron chi connectivity index (χ2n) is 4.93. The van der Waals surface area contributed by atoms with Crippen molar-refractivity contribution >= 4 is 57.1 Å². The van der Waals surface area contributed by atoms with E-state index in [-0.39, 0.29) is 11.8 Å². The molecular formula is C15H10N4O2S3. The number of carbonyl (C=O) groups is 2. The third kappa shape index (κ3) is 3.05. The molecule has 0 bridgehead atoms. The Morgan fingerprint density at radius 2 is 2.17 bits per heavy atom. The van der Waals surface area contributed by atoms with Crippen LogP contribution in [0, 0.1) is 0 Å². The van der Waals surface area contributed by atoms with Crippen LogP contribution in [-0.2, 0) is 4.79 Å². The molecule has 0 radical (unpaired) electrons. The zero-order chi connectivity index (χ0) is 16.5. The summed E-state index contributed by atoms with van der Waals surface area (Å²) in [4.78, 5) is 24.8. The van der Waals surface area contributed by atoms with Crippen molar-refractivity contribution < 1.29 is 9.59 Å². The van der Waals surface area contributed by atoms with Gasteiger partial charge in [-0.25, -0.2) is 0 Å². The Balaban J connectivity index is 1.52. The molecule has 24 heavy (non-hydrogen) atoms. The molecule has 9 heteroatoms. The Kier molecular flexibility index (Phi) is 4.05. The molecule has 0 saturated carbocycles. The number of aromatic nitrogens is 2. The number of nitrogens with one attached hydrogen (secondary N) is 2. The van der Waals surface area contributed by atoms with Crippen LogP contribution in [0.2, 0.25) is 0 Å². The average molecular weight is 374 g/mol. The molecule has 4 rings (SSSR count). The minimum atomic E-state index is -0.282. The topological polar surface area (TPSA) is 84.0 Å². The highest BCUT2D eigenvalue weighted by Crippen LogP contribution is 2.32. The number of amides is 2. The van der Waals surface area contributed by atoms with Crippen LogP contribution in [0.1, 0.15) is 10.4 Å². The lowest BCUT2D eigenvalue weighted by molar-refractivity contribution is -0.113. The predicted molar refractivity (Wildman–Crippen MR) is 97.0 cm³/mol. The minimum Gasteiger partial charge on any atom is -0.324 e. The number of rotatable bonds is 3. The van der Waals surface area contributed by atoms with E-state index in [1.165, 1.54) is 23.1 Å². The van der Waals surface area contributed by atoms with Crippen molar-refractivity contribution in [3.63, 3.8) is 0 Å². The second kappa shape index (κ2) is 6.34. The Morgan fingerprint density at radius 1 is 1.25 bits per heavy atom. The maximum Gasteiger partial charge on any atom is 0.257 e. The molecule has 2 N–H and O–H groups in total. The van der Waals surface area contributed by atoms with Gasteiger partial charge >= 0.3 is 0 Å². The van der Waals surface area contributed by atoms with Gasteiger partial charge in [0.25, 0.3) is 5.91 Å². The van der Waals surface area contributed by atoms with E-state index < -0.39 is 0 Å². The van der Waals surface area contributed by atoms with Gasteiger partial charge in [0.15, 0.2) is 0 Å². The van der Waals surface area contributed by atoms with Crippen LogP contribution in [-0.4, -0.2) is 27.8 Å². The number of benzene rings is 1. The highest BCUT2D eigenvalue weighted by Gasteiger charge is 2.18. The van der Waals surface area contributed by atoms with Gasteiger partial charge in [-0.2, -0.15) is 11.3 Å². The van der Waals surface area contributed by atoms with E-state index in [9.17, 15) is 9.59 Å². The molecule has 6 nitrogen and oxygen atoms in total. The number of nitrogens with zero attached hydrogens (tertiary/aromatic N) is 2. The average Bonchev–Trinajstić information content (AvgIpc) is 3.25. The number of hydrogen-bond donors (Lipinski definition) is 2. The number of fused-ring (bicyclic) bond motifs is 1. The van der Waals surface area contributed by atoms with E-state index in [0.717, 1.165) is 15.5 Å². The van der Waals surface area contributed by atoms with Gasteiger partial charge in [0, 0.05) is 21.4 Å². The molecule has 1 aromatic carbocycles. The molecule has 0 spiro atoms. The van der Waals surface area contributed by atoms with Gasteiger partial charge in [0.2, 0.25) is 11.0 Å². The monoisotopic (exact) mass is 374 g/mol. The van der Waals surface area contributed by atoms with Gasteiger partial charge in [-0.05, 0) is 29.6 Å². The zero-order valence-electron chi connectivity index (χ0n) is 12.1. The van der Waals surface area contributed by atoms with E-state index >= 15 is 0 Å². The van der Waals surface area contributed by atoms with E-state index in [2.05, 4.69) is 20.8 Å². The SMILES string of the molecule is O=C1CSc2ccc(C(=O)Nc3nnc(-c4ccsc4)s3)cc2N1. The summed E-state index contributed by atoms with van der Waals surface area (Å²) in [5.41, 5.74) is 2.12. The second-order valence-corrected chi connectivity index (χ2v) is 7.70. The maximum atomic E-state index is 12.4. The molecule has 2 aromatic heterocycles. The molecule has 0 aliphatic carbocycles. The van der Waals surface area contributed by atoms with Gasteiger partial charge in [-0.1, -0.05) is 11.3 Å². The number of carbonyl (C=O) groups excluding carboxylic acids is 2. The third-order valence-corrected chi connectivity index (χ3v) is 5.93. The maximum absolute atomic E-state index is 12.4. The van der Waals surface area contributed by atoms with Gasteiger partial charge < -0.3 is 5.32 Å². The van der Waals surface area contributed by atoms with E-state index in [1.807, 2.05) is 22.9 Å². The largest absolute Gasteiger partial charge is 0.324 e. The molecular weight excluding hydrogens is 364 g/mol. The molecule has 1 aliphatic rings. The van der Waals surface area contributed by atoms with Crippen molar-refractivity contribution in [1.29, 1.82) is 0 Å². The summed E-state index contributed by atoms with van der Waals surface area (Å²) < 4.78 is 0. The molecule has 2 amide bonds. The summed E-state index contributed by atoms with van der Waals surface area (Å²) in [6, 6.07) is 7.21. The van der Waals surface area contributed by atoms with Crippen molar-refractivity contribution in [3.05, 3.63) is 40.6 Å². The fraction of sp³-hybridized carbons (Fsp3) is 0.0667. The van der Waals surface area contributed by atoms with Crippen LogP contribution >= 0.6 is 34.4 Å². The summed E-state index contributed by atoms with van der Waals surface area (Å²) in [6.45, 7) is 0. The fourth-order valence-electron chi connectivity index (χ4n) is 2.17. The highest BCUT2D eigenvalue weighted by molar-refractivity contribution is 8.00. The Bertz CT molecular complexity index is 921. The van der Waals surface area contributed by atoms with Crippen molar-refractivity contribution in [3.8, 4) is 10.6 Å². The quantitative estimate of drug-likeness (QED) is 0.732.